The molecule has 0 saturated heterocycles. The van der Waals surface area contributed by atoms with Crippen LogP contribution < -0.4 is 4.74 Å². The van der Waals surface area contributed by atoms with Crippen molar-refractivity contribution < 1.29 is 9.53 Å². The van der Waals surface area contributed by atoms with Crippen LogP contribution >= 0.6 is 50.5 Å². The summed E-state index contributed by atoms with van der Waals surface area (Å²) in [5, 5.41) is 0. The highest BCUT2D eigenvalue weighted by Crippen LogP contribution is 2.34. The number of benzene rings is 1. The third-order valence-corrected chi connectivity index (χ3v) is 4.47. The molecule has 0 bridgehead atoms. The molecule has 0 atom stereocenters. The summed E-state index contributed by atoms with van der Waals surface area (Å²) in [5.41, 5.74) is 0.935. The van der Waals surface area contributed by atoms with Crippen LogP contribution in [-0.4, -0.2) is 12.9 Å². The van der Waals surface area contributed by atoms with Crippen LogP contribution in [0.1, 0.15) is 15.9 Å². The van der Waals surface area contributed by atoms with E-state index in [0.29, 0.717) is 30.0 Å². The molecule has 0 aliphatic heterocycles. The predicted octanol–water partition coefficient (Wildman–Crippen LogP) is 5.06. The molecule has 2 rings (SSSR count). The van der Waals surface area contributed by atoms with Crippen molar-refractivity contribution in [3.05, 3.63) is 48.5 Å². The molecule has 1 heterocycles. The van der Waals surface area contributed by atoms with Crippen molar-refractivity contribution in [3.8, 4) is 5.75 Å². The molecule has 0 aliphatic rings. The van der Waals surface area contributed by atoms with Crippen LogP contribution in [-0.2, 0) is 0 Å². The van der Waals surface area contributed by atoms with Crippen LogP contribution in [0.2, 0.25) is 8.67 Å². The minimum atomic E-state index is -0.169. The predicted molar refractivity (Wildman–Crippen MR) is 78.5 cm³/mol. The van der Waals surface area contributed by atoms with E-state index in [4.69, 9.17) is 27.9 Å². The highest BCUT2D eigenvalue weighted by molar-refractivity contribution is 9.10. The van der Waals surface area contributed by atoms with E-state index < -0.39 is 0 Å². The fraction of sp³-hybridized carbons (Fsp3) is 0.0833. The molecule has 0 N–H and O–H groups in total. The van der Waals surface area contributed by atoms with Crippen LogP contribution in [0.25, 0.3) is 0 Å². The molecule has 94 valence electrons. The van der Waals surface area contributed by atoms with Gasteiger partial charge in [0, 0.05) is 10.0 Å². The molecule has 0 spiro atoms. The van der Waals surface area contributed by atoms with Gasteiger partial charge in [-0.1, -0.05) is 23.2 Å². The third-order valence-electron chi connectivity index (χ3n) is 2.32. The number of hydrogen-bond acceptors (Lipinski definition) is 3. The van der Waals surface area contributed by atoms with Gasteiger partial charge >= 0.3 is 0 Å². The van der Waals surface area contributed by atoms with Crippen molar-refractivity contribution in [1.82, 2.24) is 0 Å². The Labute approximate surface area is 127 Å². The Kier molecular flexibility index (Phi) is 4.33. The number of rotatable bonds is 3. The minimum absolute atomic E-state index is 0.169. The van der Waals surface area contributed by atoms with Gasteiger partial charge in [-0.25, -0.2) is 0 Å². The quantitative estimate of drug-likeness (QED) is 0.711. The van der Waals surface area contributed by atoms with Crippen molar-refractivity contribution in [2.24, 2.45) is 0 Å². The molecule has 2 aromatic rings. The second kappa shape index (κ2) is 5.61. The Hall–Kier alpha value is -0.550. The van der Waals surface area contributed by atoms with Crippen LogP contribution in [0.15, 0.2) is 28.7 Å². The number of methoxy groups -OCH3 is 1. The molecule has 18 heavy (non-hydrogen) atoms. The summed E-state index contributed by atoms with van der Waals surface area (Å²) in [6.45, 7) is 0. The van der Waals surface area contributed by atoms with Gasteiger partial charge in [0.2, 0.25) is 0 Å². The molecule has 2 nitrogen and oxygen atoms in total. The Morgan fingerprint density at radius 1 is 1.28 bits per heavy atom. The Bertz CT molecular complexity index is 610. The van der Waals surface area contributed by atoms with Crippen molar-refractivity contribution in [2.45, 2.75) is 0 Å². The van der Waals surface area contributed by atoms with E-state index in [0.717, 1.165) is 0 Å². The van der Waals surface area contributed by atoms with Gasteiger partial charge in [0.15, 0.2) is 5.78 Å². The van der Waals surface area contributed by atoms with E-state index in [1.54, 1.807) is 31.4 Å². The molecule has 1 aromatic carbocycles. The molecule has 0 saturated carbocycles. The van der Waals surface area contributed by atoms with Gasteiger partial charge in [-0.05, 0) is 40.2 Å². The van der Waals surface area contributed by atoms with Gasteiger partial charge in [-0.2, -0.15) is 0 Å². The average molecular weight is 366 g/mol. The van der Waals surface area contributed by atoms with E-state index in [-0.39, 0.29) is 5.78 Å². The second-order valence-electron chi connectivity index (χ2n) is 3.41. The summed E-state index contributed by atoms with van der Waals surface area (Å²) >= 11 is 16.3. The van der Waals surface area contributed by atoms with Gasteiger partial charge < -0.3 is 4.74 Å². The van der Waals surface area contributed by atoms with Gasteiger partial charge in [0.05, 0.1) is 17.0 Å². The van der Waals surface area contributed by atoms with Gasteiger partial charge in [0.25, 0.3) is 0 Å². The lowest BCUT2D eigenvalue weighted by molar-refractivity contribution is 0.103. The maximum absolute atomic E-state index is 12.3. The highest BCUT2D eigenvalue weighted by Gasteiger charge is 2.18. The second-order valence-corrected chi connectivity index (χ2v) is 6.55. The number of ether oxygens (including phenoxy) is 1. The van der Waals surface area contributed by atoms with Gasteiger partial charge in [-0.15, -0.1) is 11.3 Å². The summed E-state index contributed by atoms with van der Waals surface area (Å²) in [5.74, 6) is 0.505. The lowest BCUT2D eigenvalue weighted by Gasteiger charge is -2.05. The lowest BCUT2D eigenvalue weighted by Crippen LogP contribution is -2.01. The summed E-state index contributed by atoms with van der Waals surface area (Å²) in [7, 11) is 1.57. The summed E-state index contributed by atoms with van der Waals surface area (Å²) in [6.07, 6.45) is 0. The summed E-state index contributed by atoms with van der Waals surface area (Å²) < 4.78 is 6.62. The molecule has 0 aliphatic carbocycles. The lowest BCUT2D eigenvalue weighted by atomic mass is 10.1. The van der Waals surface area contributed by atoms with E-state index >= 15 is 0 Å². The molecule has 0 unspecified atom stereocenters. The van der Waals surface area contributed by atoms with E-state index in [2.05, 4.69) is 15.9 Å². The largest absolute Gasteiger partial charge is 0.497 e. The maximum atomic E-state index is 12.3. The van der Waals surface area contributed by atoms with E-state index in [9.17, 15) is 4.79 Å². The van der Waals surface area contributed by atoms with Crippen molar-refractivity contribution in [2.75, 3.05) is 7.11 Å². The molecule has 0 radical (unpaired) electrons. The fourth-order valence-corrected chi connectivity index (χ4v) is 3.44. The van der Waals surface area contributed by atoms with Gasteiger partial charge in [0.1, 0.15) is 10.1 Å². The van der Waals surface area contributed by atoms with Crippen LogP contribution in [0.3, 0.4) is 0 Å². The Balaban J connectivity index is 2.43. The topological polar surface area (TPSA) is 26.3 Å². The minimum Gasteiger partial charge on any atom is -0.497 e. The van der Waals surface area contributed by atoms with E-state index in [1.807, 2.05) is 0 Å². The highest BCUT2D eigenvalue weighted by atomic mass is 79.9. The zero-order valence-electron chi connectivity index (χ0n) is 9.17. The number of halogens is 3. The molecule has 1 aromatic heterocycles. The average Bonchev–Trinajstić information content (AvgIpc) is 2.67. The number of carbonyl (C=O) groups excluding carboxylic acids is 1. The van der Waals surface area contributed by atoms with Gasteiger partial charge in [-0.3, -0.25) is 4.79 Å². The van der Waals surface area contributed by atoms with Crippen LogP contribution in [0.4, 0.5) is 0 Å². The van der Waals surface area contributed by atoms with Crippen LogP contribution in [0, 0.1) is 0 Å². The molecule has 0 amide bonds. The number of hydrogen-bond donors (Lipinski definition) is 0. The first-order valence-electron chi connectivity index (χ1n) is 4.86. The first-order valence-corrected chi connectivity index (χ1v) is 7.22. The zero-order chi connectivity index (χ0) is 13.3. The number of carbonyl (C=O) groups is 1. The summed E-state index contributed by atoms with van der Waals surface area (Å²) in [4.78, 5) is 12.3. The fourth-order valence-electron chi connectivity index (χ4n) is 1.45. The normalized spacial score (nSPS) is 10.4. The number of ketones is 1. The first-order chi connectivity index (χ1) is 8.52. The van der Waals surface area contributed by atoms with Crippen molar-refractivity contribution in [3.63, 3.8) is 0 Å². The van der Waals surface area contributed by atoms with Crippen molar-refractivity contribution in [1.29, 1.82) is 0 Å². The standard InChI is InChI=1S/C12H7BrCl2O2S/c1-17-6-2-3-7(9(13)4-6)11(16)8-5-10(14)18-12(8)15/h2-5H,1H3. The first kappa shape index (κ1) is 13.9. The van der Waals surface area contributed by atoms with Crippen LogP contribution in [0.5, 0.6) is 5.75 Å². The SMILES string of the molecule is COc1ccc(C(=O)c2cc(Cl)sc2Cl)c(Br)c1. The molecule has 0 fully saturated rings. The Morgan fingerprint density at radius 3 is 2.50 bits per heavy atom. The monoisotopic (exact) mass is 364 g/mol. The van der Waals surface area contributed by atoms with E-state index in [1.165, 1.54) is 11.3 Å². The maximum Gasteiger partial charge on any atom is 0.196 e. The third kappa shape index (κ3) is 2.72. The Morgan fingerprint density at radius 2 is 2.00 bits per heavy atom. The zero-order valence-corrected chi connectivity index (χ0v) is 13.1. The van der Waals surface area contributed by atoms with Crippen molar-refractivity contribution >= 4 is 56.3 Å². The molecule has 6 heteroatoms. The smallest absolute Gasteiger partial charge is 0.196 e. The summed E-state index contributed by atoms with van der Waals surface area (Å²) in [6, 6.07) is 6.72. The number of thiophene rings is 1. The molecular formula is C12H7BrCl2O2S. The molecular weight excluding hydrogens is 359 g/mol.